The van der Waals surface area contributed by atoms with Gasteiger partial charge in [-0.3, -0.25) is 4.79 Å². The summed E-state index contributed by atoms with van der Waals surface area (Å²) in [5.74, 6) is 0.840. The molecular weight excluding hydrogens is 270 g/mol. The third-order valence-electron chi connectivity index (χ3n) is 2.97. The Morgan fingerprint density at radius 3 is 2.75 bits per heavy atom. The maximum atomic E-state index is 12.1. The smallest absolute Gasteiger partial charge is 0.169 e. The van der Waals surface area contributed by atoms with Crippen LogP contribution in [0.4, 0.5) is 0 Å². The quantitative estimate of drug-likeness (QED) is 0.867. The van der Waals surface area contributed by atoms with Crippen LogP contribution in [0.3, 0.4) is 0 Å². The lowest BCUT2D eigenvalue weighted by atomic mass is 9.76. The van der Waals surface area contributed by atoms with Crippen molar-refractivity contribution < 1.29 is 9.53 Å². The Morgan fingerprint density at radius 2 is 2.19 bits per heavy atom. The van der Waals surface area contributed by atoms with E-state index in [2.05, 4.69) is 15.9 Å². The SMILES string of the molecule is COc1ccc(Br)cc1C(=O)C1CC(N)C1. The predicted octanol–water partition coefficient (Wildman–Crippen LogP) is 2.38. The van der Waals surface area contributed by atoms with Crippen molar-refractivity contribution >= 4 is 21.7 Å². The molecule has 0 amide bonds. The molecule has 0 bridgehead atoms. The molecule has 0 radical (unpaired) electrons. The van der Waals surface area contributed by atoms with Crippen LogP contribution >= 0.6 is 15.9 Å². The number of hydrogen-bond donors (Lipinski definition) is 1. The van der Waals surface area contributed by atoms with Gasteiger partial charge in [-0.1, -0.05) is 15.9 Å². The van der Waals surface area contributed by atoms with Gasteiger partial charge in [0.1, 0.15) is 5.75 Å². The zero-order valence-electron chi connectivity index (χ0n) is 9.07. The number of ketones is 1. The zero-order chi connectivity index (χ0) is 11.7. The van der Waals surface area contributed by atoms with Gasteiger partial charge in [0.15, 0.2) is 5.78 Å². The van der Waals surface area contributed by atoms with Crippen molar-refractivity contribution in [2.75, 3.05) is 7.11 Å². The first-order valence-corrected chi connectivity index (χ1v) is 6.04. The van der Waals surface area contributed by atoms with E-state index in [1.807, 2.05) is 12.1 Å². The van der Waals surface area contributed by atoms with E-state index in [0.717, 1.165) is 17.3 Å². The minimum Gasteiger partial charge on any atom is -0.496 e. The lowest BCUT2D eigenvalue weighted by Crippen LogP contribution is -2.40. The van der Waals surface area contributed by atoms with Crippen LogP contribution in [0.1, 0.15) is 23.2 Å². The number of nitrogens with two attached hydrogens (primary N) is 1. The van der Waals surface area contributed by atoms with E-state index in [0.29, 0.717) is 11.3 Å². The van der Waals surface area contributed by atoms with Gasteiger partial charge in [0.05, 0.1) is 12.7 Å². The molecule has 1 saturated carbocycles. The van der Waals surface area contributed by atoms with Gasteiger partial charge in [-0.05, 0) is 31.0 Å². The molecule has 1 aromatic carbocycles. The summed E-state index contributed by atoms with van der Waals surface area (Å²) in [5, 5.41) is 0. The van der Waals surface area contributed by atoms with Gasteiger partial charge in [-0.15, -0.1) is 0 Å². The minimum absolute atomic E-state index is 0.0678. The second kappa shape index (κ2) is 4.55. The molecule has 1 aromatic rings. The topological polar surface area (TPSA) is 52.3 Å². The fourth-order valence-electron chi connectivity index (χ4n) is 1.97. The molecule has 1 aliphatic carbocycles. The predicted molar refractivity (Wildman–Crippen MR) is 65.7 cm³/mol. The lowest BCUT2D eigenvalue weighted by Gasteiger charge is -2.31. The average Bonchev–Trinajstić information content (AvgIpc) is 2.24. The first-order valence-electron chi connectivity index (χ1n) is 5.25. The Balaban J connectivity index is 2.24. The van der Waals surface area contributed by atoms with Crippen molar-refractivity contribution in [2.24, 2.45) is 11.7 Å². The van der Waals surface area contributed by atoms with E-state index in [1.165, 1.54) is 0 Å². The highest BCUT2D eigenvalue weighted by Gasteiger charge is 2.33. The Bertz CT molecular complexity index is 413. The Kier molecular flexibility index (Phi) is 3.30. The summed E-state index contributed by atoms with van der Waals surface area (Å²) in [6.07, 6.45) is 1.57. The number of carbonyl (C=O) groups is 1. The number of benzene rings is 1. The van der Waals surface area contributed by atoms with Gasteiger partial charge < -0.3 is 10.5 Å². The Morgan fingerprint density at radius 1 is 1.50 bits per heavy atom. The molecule has 0 unspecified atom stereocenters. The van der Waals surface area contributed by atoms with Crippen molar-refractivity contribution in [3.8, 4) is 5.75 Å². The van der Waals surface area contributed by atoms with Gasteiger partial charge >= 0.3 is 0 Å². The van der Waals surface area contributed by atoms with Crippen molar-refractivity contribution in [3.05, 3.63) is 28.2 Å². The third kappa shape index (κ3) is 2.13. The highest BCUT2D eigenvalue weighted by Crippen LogP contribution is 2.33. The van der Waals surface area contributed by atoms with Crippen LogP contribution in [0.15, 0.2) is 22.7 Å². The third-order valence-corrected chi connectivity index (χ3v) is 3.47. The molecule has 2 rings (SSSR count). The summed E-state index contributed by atoms with van der Waals surface area (Å²) in [4.78, 5) is 12.1. The monoisotopic (exact) mass is 283 g/mol. The van der Waals surface area contributed by atoms with Crippen LogP contribution in [0, 0.1) is 5.92 Å². The van der Waals surface area contributed by atoms with Crippen LogP contribution < -0.4 is 10.5 Å². The average molecular weight is 284 g/mol. The first-order chi connectivity index (χ1) is 7.61. The maximum Gasteiger partial charge on any atom is 0.169 e. The van der Waals surface area contributed by atoms with Crippen molar-refractivity contribution in [1.29, 1.82) is 0 Å². The zero-order valence-corrected chi connectivity index (χ0v) is 10.7. The second-order valence-electron chi connectivity index (χ2n) is 4.14. The number of halogens is 1. The molecule has 0 spiro atoms. The Labute approximate surface area is 103 Å². The molecular formula is C12H14BrNO2. The molecule has 0 aromatic heterocycles. The minimum atomic E-state index is 0.0678. The standard InChI is InChI=1S/C12H14BrNO2/c1-16-11-3-2-8(13)6-10(11)12(15)7-4-9(14)5-7/h2-3,6-7,9H,4-5,14H2,1H3. The maximum absolute atomic E-state index is 12.1. The molecule has 2 N–H and O–H groups in total. The summed E-state index contributed by atoms with van der Waals surface area (Å²) in [5.41, 5.74) is 6.34. The molecule has 0 saturated heterocycles. The second-order valence-corrected chi connectivity index (χ2v) is 5.05. The molecule has 0 heterocycles. The Hall–Kier alpha value is -0.870. The first kappa shape index (κ1) is 11.6. The molecule has 86 valence electrons. The number of Topliss-reactive ketones (excluding diaryl/α,β-unsaturated/α-hetero) is 1. The van der Waals surface area contributed by atoms with E-state index in [1.54, 1.807) is 13.2 Å². The van der Waals surface area contributed by atoms with Gasteiger partial charge in [0, 0.05) is 16.4 Å². The van der Waals surface area contributed by atoms with Gasteiger partial charge in [0.2, 0.25) is 0 Å². The van der Waals surface area contributed by atoms with E-state index in [-0.39, 0.29) is 17.7 Å². The van der Waals surface area contributed by atoms with Gasteiger partial charge in [-0.25, -0.2) is 0 Å². The molecule has 0 atom stereocenters. The van der Waals surface area contributed by atoms with Crippen LogP contribution in [0.5, 0.6) is 5.75 Å². The molecule has 1 fully saturated rings. The fraction of sp³-hybridized carbons (Fsp3) is 0.417. The number of ether oxygens (including phenoxy) is 1. The summed E-state index contributed by atoms with van der Waals surface area (Å²) < 4.78 is 6.08. The van der Waals surface area contributed by atoms with Crippen LogP contribution in [-0.2, 0) is 0 Å². The summed E-state index contributed by atoms with van der Waals surface area (Å²) in [6, 6.07) is 5.66. The number of rotatable bonds is 3. The highest BCUT2D eigenvalue weighted by molar-refractivity contribution is 9.10. The largest absolute Gasteiger partial charge is 0.496 e. The number of methoxy groups -OCH3 is 1. The van der Waals surface area contributed by atoms with Crippen LogP contribution in [0.2, 0.25) is 0 Å². The van der Waals surface area contributed by atoms with Gasteiger partial charge in [-0.2, -0.15) is 0 Å². The van der Waals surface area contributed by atoms with Gasteiger partial charge in [0.25, 0.3) is 0 Å². The highest BCUT2D eigenvalue weighted by atomic mass is 79.9. The number of hydrogen-bond acceptors (Lipinski definition) is 3. The molecule has 1 aliphatic rings. The van der Waals surface area contributed by atoms with E-state index in [9.17, 15) is 4.79 Å². The van der Waals surface area contributed by atoms with Crippen molar-refractivity contribution in [2.45, 2.75) is 18.9 Å². The normalized spacial score (nSPS) is 23.7. The molecule has 16 heavy (non-hydrogen) atoms. The molecule has 0 aliphatic heterocycles. The van der Waals surface area contributed by atoms with Crippen molar-refractivity contribution in [3.63, 3.8) is 0 Å². The van der Waals surface area contributed by atoms with Crippen LogP contribution in [0.25, 0.3) is 0 Å². The van der Waals surface area contributed by atoms with Crippen molar-refractivity contribution in [1.82, 2.24) is 0 Å². The summed E-state index contributed by atoms with van der Waals surface area (Å²) in [7, 11) is 1.58. The lowest BCUT2D eigenvalue weighted by molar-refractivity contribution is 0.0829. The molecule has 3 nitrogen and oxygen atoms in total. The summed E-state index contributed by atoms with van der Waals surface area (Å²) in [6.45, 7) is 0. The van der Waals surface area contributed by atoms with E-state index in [4.69, 9.17) is 10.5 Å². The van der Waals surface area contributed by atoms with Crippen LogP contribution in [-0.4, -0.2) is 18.9 Å². The fourth-order valence-corrected chi connectivity index (χ4v) is 2.33. The number of carbonyl (C=O) groups excluding carboxylic acids is 1. The summed E-state index contributed by atoms with van der Waals surface area (Å²) >= 11 is 3.36. The van der Waals surface area contributed by atoms with E-state index < -0.39 is 0 Å². The van der Waals surface area contributed by atoms with E-state index >= 15 is 0 Å². The molecule has 4 heteroatoms.